The van der Waals surface area contributed by atoms with Crippen LogP contribution in [0.5, 0.6) is 0 Å². The molecule has 0 spiro atoms. The van der Waals surface area contributed by atoms with Crippen LogP contribution in [0.25, 0.3) is 0 Å². The van der Waals surface area contributed by atoms with Crippen molar-refractivity contribution in [2.24, 2.45) is 0 Å². The molecule has 1 heterocycles. The van der Waals surface area contributed by atoms with Gasteiger partial charge in [0.1, 0.15) is 0 Å². The van der Waals surface area contributed by atoms with Crippen molar-refractivity contribution in [3.8, 4) is 0 Å². The van der Waals surface area contributed by atoms with Crippen molar-refractivity contribution >= 4 is 29.1 Å². The van der Waals surface area contributed by atoms with E-state index < -0.39 is 0 Å². The van der Waals surface area contributed by atoms with Gasteiger partial charge in [0.05, 0.1) is 43.4 Å². The Morgan fingerprint density at radius 2 is 1.91 bits per heavy atom. The van der Waals surface area contributed by atoms with E-state index in [4.69, 9.17) is 11.6 Å². The average Bonchev–Trinajstić information content (AvgIpc) is 2.54. The second kappa shape index (κ2) is 8.00. The van der Waals surface area contributed by atoms with Crippen molar-refractivity contribution in [2.45, 2.75) is 0 Å². The van der Waals surface area contributed by atoms with E-state index in [1.165, 1.54) is 4.90 Å². The number of benzene rings is 1. The van der Waals surface area contributed by atoms with Crippen molar-refractivity contribution in [3.63, 3.8) is 0 Å². The molecule has 1 aliphatic heterocycles. The molecule has 0 bridgehead atoms. The lowest BCUT2D eigenvalue weighted by Gasteiger charge is -2.33. The van der Waals surface area contributed by atoms with Gasteiger partial charge in [-0.25, -0.2) is 0 Å². The highest BCUT2D eigenvalue weighted by atomic mass is 35.5. The summed E-state index contributed by atoms with van der Waals surface area (Å²) in [5, 5.41) is 5.86. The van der Waals surface area contributed by atoms with Crippen LogP contribution in [0.15, 0.2) is 24.3 Å². The van der Waals surface area contributed by atoms with Gasteiger partial charge in [0, 0.05) is 7.05 Å². The summed E-state index contributed by atoms with van der Waals surface area (Å²) in [6.45, 7) is 3.91. The Morgan fingerprint density at radius 1 is 1.23 bits per heavy atom. The normalized spacial score (nSPS) is 15.5. The number of anilines is 1. The van der Waals surface area contributed by atoms with Gasteiger partial charge in [-0.05, 0) is 12.1 Å². The Morgan fingerprint density at radius 3 is 2.55 bits per heavy atom. The first-order valence-corrected chi connectivity index (χ1v) is 7.78. The van der Waals surface area contributed by atoms with E-state index in [0.717, 1.165) is 36.9 Å². The number of piperazine rings is 1. The molecular formula is C15H22ClN4O2+. The minimum absolute atomic E-state index is 0.0361. The number of amides is 2. The van der Waals surface area contributed by atoms with Crippen molar-refractivity contribution in [1.29, 1.82) is 0 Å². The SMILES string of the molecule is CNC(=O)CNC(=O)C[NH+]1CCN(c2ccccc2Cl)CC1. The largest absolute Gasteiger partial charge is 0.359 e. The molecule has 1 saturated heterocycles. The van der Waals surface area contributed by atoms with Crippen molar-refractivity contribution < 1.29 is 14.5 Å². The van der Waals surface area contributed by atoms with Crippen molar-refractivity contribution in [3.05, 3.63) is 29.3 Å². The predicted octanol–water partition coefficient (Wildman–Crippen LogP) is -1.09. The summed E-state index contributed by atoms with van der Waals surface area (Å²) in [6, 6.07) is 7.81. The molecule has 0 unspecified atom stereocenters. The number of nitrogens with one attached hydrogen (secondary N) is 3. The van der Waals surface area contributed by atoms with Gasteiger partial charge in [0.15, 0.2) is 6.54 Å². The summed E-state index contributed by atoms with van der Waals surface area (Å²) in [5.41, 5.74) is 1.05. The van der Waals surface area contributed by atoms with Gasteiger partial charge in [0.2, 0.25) is 5.91 Å². The van der Waals surface area contributed by atoms with Crippen LogP contribution in [-0.4, -0.2) is 58.1 Å². The predicted molar refractivity (Wildman–Crippen MR) is 86.3 cm³/mol. The van der Waals surface area contributed by atoms with Crippen LogP contribution in [0, 0.1) is 0 Å². The summed E-state index contributed by atoms with van der Waals surface area (Å²) in [5.74, 6) is -0.281. The summed E-state index contributed by atoms with van der Waals surface area (Å²) in [4.78, 5) is 26.3. The number of rotatable bonds is 5. The van der Waals surface area contributed by atoms with Crippen LogP contribution in [0.3, 0.4) is 0 Å². The van der Waals surface area contributed by atoms with Crippen LogP contribution in [0.1, 0.15) is 0 Å². The third-order valence-corrected chi connectivity index (χ3v) is 4.12. The molecule has 2 amide bonds. The highest BCUT2D eigenvalue weighted by molar-refractivity contribution is 6.33. The first-order chi connectivity index (χ1) is 10.6. The molecule has 1 aromatic rings. The van der Waals surface area contributed by atoms with Crippen molar-refractivity contribution in [1.82, 2.24) is 10.6 Å². The second-order valence-corrected chi connectivity index (χ2v) is 5.72. The quantitative estimate of drug-likeness (QED) is 0.644. The number of quaternary nitrogens is 1. The standard InChI is InChI=1S/C15H21ClN4O2/c1-17-14(21)10-18-15(22)11-19-6-8-20(9-7-19)13-5-3-2-4-12(13)16/h2-5H,6-11H2,1H3,(H,17,21)(H,18,22)/p+1. The Balaban J connectivity index is 1.76. The number of hydrogen-bond acceptors (Lipinski definition) is 3. The highest BCUT2D eigenvalue weighted by Gasteiger charge is 2.23. The summed E-state index contributed by atoms with van der Waals surface area (Å²) < 4.78 is 0. The molecule has 0 radical (unpaired) electrons. The van der Waals surface area contributed by atoms with Crippen LogP contribution in [-0.2, 0) is 9.59 Å². The molecule has 0 aliphatic carbocycles. The lowest BCUT2D eigenvalue weighted by atomic mass is 10.2. The molecule has 22 heavy (non-hydrogen) atoms. The van der Waals surface area contributed by atoms with E-state index in [0.29, 0.717) is 6.54 Å². The third-order valence-electron chi connectivity index (χ3n) is 3.80. The van der Waals surface area contributed by atoms with E-state index in [1.807, 2.05) is 24.3 Å². The number of likely N-dealkylation sites (N-methyl/N-ethyl adjacent to an activating group) is 1. The smallest absolute Gasteiger partial charge is 0.275 e. The fourth-order valence-corrected chi connectivity index (χ4v) is 2.76. The third kappa shape index (κ3) is 4.61. The van der Waals surface area contributed by atoms with Gasteiger partial charge in [-0.3, -0.25) is 9.59 Å². The lowest BCUT2D eigenvalue weighted by molar-refractivity contribution is -0.892. The lowest BCUT2D eigenvalue weighted by Crippen LogP contribution is -3.16. The molecule has 120 valence electrons. The first-order valence-electron chi connectivity index (χ1n) is 7.40. The minimum atomic E-state index is -0.188. The zero-order valence-electron chi connectivity index (χ0n) is 12.7. The Bertz CT molecular complexity index is 530. The first kappa shape index (κ1) is 16.6. The summed E-state index contributed by atoms with van der Waals surface area (Å²) >= 11 is 6.21. The number of nitrogens with zero attached hydrogens (tertiary/aromatic N) is 1. The van der Waals surface area contributed by atoms with Crippen LogP contribution < -0.4 is 20.4 Å². The summed E-state index contributed by atoms with van der Waals surface area (Å²) in [7, 11) is 1.55. The number of halogens is 1. The van der Waals surface area contributed by atoms with Gasteiger partial charge in [-0.1, -0.05) is 23.7 Å². The van der Waals surface area contributed by atoms with Gasteiger partial charge in [0.25, 0.3) is 5.91 Å². The van der Waals surface area contributed by atoms with Gasteiger partial charge >= 0.3 is 0 Å². The maximum absolute atomic E-state index is 11.8. The number of hydrogen-bond donors (Lipinski definition) is 3. The highest BCUT2D eigenvalue weighted by Crippen LogP contribution is 2.24. The topological polar surface area (TPSA) is 65.9 Å². The van der Waals surface area contributed by atoms with E-state index >= 15 is 0 Å². The zero-order valence-corrected chi connectivity index (χ0v) is 13.4. The number of carbonyl (C=O) groups excluding carboxylic acids is 2. The Hall–Kier alpha value is -1.79. The van der Waals surface area contributed by atoms with Crippen LogP contribution >= 0.6 is 11.6 Å². The van der Waals surface area contributed by atoms with Gasteiger partial charge < -0.3 is 20.4 Å². The van der Waals surface area contributed by atoms with E-state index in [-0.39, 0.29) is 18.4 Å². The molecule has 2 rings (SSSR count). The Kier molecular flexibility index (Phi) is 6.03. The van der Waals surface area contributed by atoms with Crippen LogP contribution in [0.4, 0.5) is 5.69 Å². The van der Waals surface area contributed by atoms with Gasteiger partial charge in [-0.2, -0.15) is 0 Å². The molecule has 6 nitrogen and oxygen atoms in total. The number of carbonyl (C=O) groups is 2. The summed E-state index contributed by atoms with van der Waals surface area (Å²) in [6.07, 6.45) is 0. The molecule has 3 N–H and O–H groups in total. The maximum Gasteiger partial charge on any atom is 0.275 e. The fourth-order valence-electron chi connectivity index (χ4n) is 2.51. The van der Waals surface area contributed by atoms with Crippen LogP contribution in [0.2, 0.25) is 5.02 Å². The van der Waals surface area contributed by atoms with E-state index in [1.54, 1.807) is 7.05 Å². The number of para-hydroxylation sites is 1. The van der Waals surface area contributed by atoms with E-state index in [2.05, 4.69) is 15.5 Å². The monoisotopic (exact) mass is 325 g/mol. The minimum Gasteiger partial charge on any atom is -0.359 e. The molecule has 1 aromatic carbocycles. The second-order valence-electron chi connectivity index (χ2n) is 5.32. The molecule has 0 atom stereocenters. The molecule has 0 aromatic heterocycles. The maximum atomic E-state index is 11.8. The van der Waals surface area contributed by atoms with Crippen molar-refractivity contribution in [2.75, 3.05) is 51.2 Å². The zero-order chi connectivity index (χ0) is 15.9. The molecule has 0 saturated carbocycles. The molecule has 7 heteroatoms. The molecule has 1 aliphatic rings. The molecular weight excluding hydrogens is 304 g/mol. The molecule has 1 fully saturated rings. The van der Waals surface area contributed by atoms with E-state index in [9.17, 15) is 9.59 Å². The van der Waals surface area contributed by atoms with Gasteiger partial charge in [-0.15, -0.1) is 0 Å². The average molecular weight is 326 g/mol. The Labute approximate surface area is 135 Å². The fraction of sp³-hybridized carbons (Fsp3) is 0.467.